The van der Waals surface area contributed by atoms with Gasteiger partial charge in [0.05, 0.1) is 45.0 Å². The topological polar surface area (TPSA) is 286 Å². The van der Waals surface area contributed by atoms with Crippen molar-refractivity contribution in [1.82, 2.24) is 31.9 Å². The Labute approximate surface area is 373 Å². The molecule has 0 heterocycles. The summed E-state index contributed by atoms with van der Waals surface area (Å²) in [6.45, 7) is 2.48. The lowest BCUT2D eigenvalue weighted by molar-refractivity contribution is -0.143. The van der Waals surface area contributed by atoms with Gasteiger partial charge in [0.25, 0.3) is 0 Å². The number of halogens is 1. The number of rotatable bonds is 39. The first kappa shape index (κ1) is 56.1. The first-order chi connectivity index (χ1) is 29.9. The Hall–Kier alpha value is -3.92. The summed E-state index contributed by atoms with van der Waals surface area (Å²) in [6.07, 6.45) is 11.0. The molecule has 0 aromatic heterocycles. The van der Waals surface area contributed by atoms with Crippen molar-refractivity contribution in [3.05, 3.63) is 0 Å². The number of carboxylic acid groups (broad SMARTS) is 2. The molecule has 1 aliphatic rings. The number of amides is 6. The van der Waals surface area contributed by atoms with Gasteiger partial charge in [-0.15, -0.1) is 0 Å². The number of aliphatic carboxylic acids is 2. The van der Waals surface area contributed by atoms with Crippen molar-refractivity contribution >= 4 is 63.3 Å². The second-order valence-corrected chi connectivity index (χ2v) is 15.6. The van der Waals surface area contributed by atoms with Crippen LogP contribution < -0.4 is 31.9 Å². The summed E-state index contributed by atoms with van der Waals surface area (Å²) in [5.41, 5.74) is 0. The number of hydrogen-bond acceptors (Lipinski definition) is 12. The van der Waals surface area contributed by atoms with Crippen LogP contribution in [0.1, 0.15) is 103 Å². The standard InChI is InChI=1S/C41H71BrN6O14/c42-27-36(51)43-17-18-44-37(52)29-61-25-24-60-22-20-46-38(53)30-62-26-23-59-21-19-45-35(50)16-15-33(41(57)58)48-40(56)32-13-11-31(12-14-32)28-47-34(49)9-7-5-3-1-2-4-6-8-10-39(54)55/h31-33H,1-30H2,(H,43,51)(H,44,52)(H,45,50)(H,46,53)(H,47,49)(H,48,56)(H,54,55)(H,57,58)/t31-,32-,33-/m0/s1. The first-order valence-corrected chi connectivity index (χ1v) is 23.0. The predicted octanol–water partition coefficient (Wildman–Crippen LogP) is 1.17. The van der Waals surface area contributed by atoms with Crippen LogP contribution in [0.15, 0.2) is 0 Å². The van der Waals surface area contributed by atoms with Gasteiger partial charge in [0, 0.05) is 57.9 Å². The van der Waals surface area contributed by atoms with E-state index in [0.29, 0.717) is 38.9 Å². The zero-order valence-electron chi connectivity index (χ0n) is 36.1. The van der Waals surface area contributed by atoms with Gasteiger partial charge in [0.15, 0.2) is 0 Å². The molecule has 0 saturated heterocycles. The summed E-state index contributed by atoms with van der Waals surface area (Å²) >= 11 is 3.03. The molecule has 1 rings (SSSR count). The molecule has 356 valence electrons. The molecular formula is C41H71BrN6O14. The molecule has 0 aliphatic heterocycles. The fourth-order valence-electron chi connectivity index (χ4n) is 6.36. The second-order valence-electron chi connectivity index (χ2n) is 15.0. The largest absolute Gasteiger partial charge is 0.481 e. The molecule has 1 saturated carbocycles. The van der Waals surface area contributed by atoms with Crippen LogP contribution in [0, 0.1) is 11.8 Å². The van der Waals surface area contributed by atoms with Crippen LogP contribution in [-0.4, -0.2) is 155 Å². The number of carboxylic acids is 2. The number of unbranched alkanes of at least 4 members (excludes halogenated alkanes) is 7. The van der Waals surface area contributed by atoms with Crippen molar-refractivity contribution < 1.29 is 67.5 Å². The summed E-state index contributed by atoms with van der Waals surface area (Å²) in [4.78, 5) is 94.5. The maximum Gasteiger partial charge on any atom is 0.326 e. The van der Waals surface area contributed by atoms with E-state index in [1.165, 1.54) is 0 Å². The number of carbonyl (C=O) groups excluding carboxylic acids is 6. The van der Waals surface area contributed by atoms with Gasteiger partial charge in [-0.2, -0.15) is 0 Å². The molecule has 0 bridgehead atoms. The highest BCUT2D eigenvalue weighted by molar-refractivity contribution is 9.09. The zero-order chi connectivity index (χ0) is 45.6. The Bertz CT molecular complexity index is 1320. The Balaban J connectivity index is 2.02. The fourth-order valence-corrected chi connectivity index (χ4v) is 6.55. The minimum absolute atomic E-state index is 0.0262. The van der Waals surface area contributed by atoms with Gasteiger partial charge >= 0.3 is 11.9 Å². The predicted molar refractivity (Wildman–Crippen MR) is 230 cm³/mol. The minimum Gasteiger partial charge on any atom is -0.481 e. The lowest BCUT2D eigenvalue weighted by Gasteiger charge is -2.28. The molecule has 1 fully saturated rings. The molecule has 0 spiro atoms. The molecule has 1 atom stereocenters. The smallest absolute Gasteiger partial charge is 0.326 e. The van der Waals surface area contributed by atoms with E-state index in [2.05, 4.69) is 47.8 Å². The molecule has 0 unspecified atom stereocenters. The Morgan fingerprint density at radius 3 is 1.52 bits per heavy atom. The SMILES string of the molecule is O=C(O)CCCCCCCCCCC(=O)NC[C@H]1CC[C@H](C(=O)N[C@@H](CCC(=O)NCCOCCOCC(=O)NCCOCCOCC(=O)NCCNC(=O)CBr)C(=O)O)CC1. The van der Waals surface area contributed by atoms with Crippen LogP contribution in [0.5, 0.6) is 0 Å². The summed E-state index contributed by atoms with van der Waals surface area (Å²) < 4.78 is 21.2. The van der Waals surface area contributed by atoms with Gasteiger partial charge in [0.1, 0.15) is 19.3 Å². The van der Waals surface area contributed by atoms with Crippen molar-refractivity contribution in [2.45, 2.75) is 109 Å². The number of hydrogen-bond donors (Lipinski definition) is 8. The van der Waals surface area contributed by atoms with E-state index >= 15 is 0 Å². The van der Waals surface area contributed by atoms with E-state index in [9.17, 15) is 43.5 Å². The molecular weight excluding hydrogens is 880 g/mol. The number of nitrogens with one attached hydrogen (secondary N) is 6. The molecule has 6 amide bonds. The normalized spacial score (nSPS) is 15.2. The Morgan fingerprint density at radius 2 is 0.984 bits per heavy atom. The van der Waals surface area contributed by atoms with E-state index in [4.69, 9.17) is 24.1 Å². The lowest BCUT2D eigenvalue weighted by atomic mass is 9.81. The van der Waals surface area contributed by atoms with Crippen LogP contribution >= 0.6 is 15.9 Å². The average Bonchev–Trinajstić information content (AvgIpc) is 3.25. The zero-order valence-corrected chi connectivity index (χ0v) is 37.7. The quantitative estimate of drug-likeness (QED) is 0.0317. The second kappa shape index (κ2) is 37.6. The van der Waals surface area contributed by atoms with Gasteiger partial charge in [-0.1, -0.05) is 54.5 Å². The molecule has 0 radical (unpaired) electrons. The third-order valence-corrected chi connectivity index (χ3v) is 10.4. The van der Waals surface area contributed by atoms with E-state index in [1.54, 1.807) is 0 Å². The third kappa shape index (κ3) is 32.7. The van der Waals surface area contributed by atoms with Crippen LogP contribution in [-0.2, 0) is 57.3 Å². The number of alkyl halides is 1. The van der Waals surface area contributed by atoms with Crippen LogP contribution in [0.3, 0.4) is 0 Å². The minimum atomic E-state index is -1.21. The summed E-state index contributed by atoms with van der Waals surface area (Å²) in [5.74, 6) is -3.53. The molecule has 1 aliphatic carbocycles. The van der Waals surface area contributed by atoms with Crippen LogP contribution in [0.2, 0.25) is 0 Å². The van der Waals surface area contributed by atoms with Crippen molar-refractivity contribution in [1.29, 1.82) is 0 Å². The summed E-state index contributed by atoms with van der Waals surface area (Å²) in [7, 11) is 0. The van der Waals surface area contributed by atoms with Gasteiger partial charge in [0.2, 0.25) is 35.4 Å². The van der Waals surface area contributed by atoms with Crippen molar-refractivity contribution in [3.63, 3.8) is 0 Å². The first-order valence-electron chi connectivity index (χ1n) is 21.9. The number of carbonyl (C=O) groups is 8. The molecule has 0 aromatic rings. The highest BCUT2D eigenvalue weighted by atomic mass is 79.9. The van der Waals surface area contributed by atoms with E-state index in [1.807, 2.05) is 0 Å². The fraction of sp³-hybridized carbons (Fsp3) is 0.805. The monoisotopic (exact) mass is 950 g/mol. The summed E-state index contributed by atoms with van der Waals surface area (Å²) in [6, 6.07) is -1.20. The molecule has 20 nitrogen and oxygen atoms in total. The van der Waals surface area contributed by atoms with Crippen molar-refractivity contribution in [2.24, 2.45) is 11.8 Å². The Morgan fingerprint density at radius 1 is 0.516 bits per heavy atom. The third-order valence-electron chi connectivity index (χ3n) is 9.86. The highest BCUT2D eigenvalue weighted by Crippen LogP contribution is 2.29. The van der Waals surface area contributed by atoms with Crippen molar-refractivity contribution in [3.8, 4) is 0 Å². The van der Waals surface area contributed by atoms with Gasteiger partial charge in [-0.3, -0.25) is 33.6 Å². The van der Waals surface area contributed by atoms with Crippen LogP contribution in [0.4, 0.5) is 0 Å². The Kier molecular flexibility index (Phi) is 34.0. The molecule has 8 N–H and O–H groups in total. The molecule has 21 heteroatoms. The van der Waals surface area contributed by atoms with Gasteiger partial charge in [-0.25, -0.2) is 4.79 Å². The summed E-state index contributed by atoms with van der Waals surface area (Å²) in [5, 5.41) is 34.6. The van der Waals surface area contributed by atoms with Crippen LogP contribution in [0.25, 0.3) is 0 Å². The van der Waals surface area contributed by atoms with Gasteiger partial charge < -0.3 is 61.1 Å². The van der Waals surface area contributed by atoms with Crippen molar-refractivity contribution in [2.75, 3.05) is 90.9 Å². The van der Waals surface area contributed by atoms with E-state index in [-0.39, 0.29) is 138 Å². The lowest BCUT2D eigenvalue weighted by Crippen LogP contribution is -2.45. The molecule has 0 aromatic carbocycles. The molecule has 62 heavy (non-hydrogen) atoms. The average molecular weight is 952 g/mol. The van der Waals surface area contributed by atoms with E-state index in [0.717, 1.165) is 64.2 Å². The highest BCUT2D eigenvalue weighted by Gasteiger charge is 2.29. The van der Waals surface area contributed by atoms with E-state index < -0.39 is 18.0 Å². The maximum absolute atomic E-state index is 12.9. The van der Waals surface area contributed by atoms with Gasteiger partial charge in [-0.05, 0) is 50.9 Å². The maximum atomic E-state index is 12.9. The number of ether oxygens (including phenoxy) is 4.